The third kappa shape index (κ3) is 5.20. The van der Waals surface area contributed by atoms with Crippen LogP contribution in [0.1, 0.15) is 18.5 Å². The summed E-state index contributed by atoms with van der Waals surface area (Å²) >= 11 is 15.2. The molecule has 140 valence electrons. The first-order valence-corrected chi connectivity index (χ1v) is 10.6. The van der Waals surface area contributed by atoms with Crippen LogP contribution in [-0.4, -0.2) is 32.2 Å². The van der Waals surface area contributed by atoms with Gasteiger partial charge >= 0.3 is 0 Å². The zero-order chi connectivity index (χ0) is 19.5. The maximum atomic E-state index is 12.6. The standard InChI is InChI=1S/C17H17BrCl2N2O3S/c1-11(12-4-3-5-13(18)8-12)21-17(23)10-22(2)26(24,25)16-9-14(19)6-7-15(16)20/h3-9,11H,10H2,1-2H3,(H,21,23)/t11-/m0/s1. The van der Waals surface area contributed by atoms with Crippen LogP contribution in [0.4, 0.5) is 0 Å². The molecule has 2 aromatic carbocycles. The molecule has 5 nitrogen and oxygen atoms in total. The number of halogens is 3. The van der Waals surface area contributed by atoms with Gasteiger partial charge in [-0.15, -0.1) is 0 Å². The molecular formula is C17H17BrCl2N2O3S. The van der Waals surface area contributed by atoms with Crippen LogP contribution in [-0.2, 0) is 14.8 Å². The number of hydrogen-bond acceptors (Lipinski definition) is 3. The third-order valence-corrected chi connectivity index (χ3v) is 6.69. The van der Waals surface area contributed by atoms with E-state index in [0.717, 1.165) is 14.3 Å². The van der Waals surface area contributed by atoms with Gasteiger partial charge in [0.25, 0.3) is 0 Å². The monoisotopic (exact) mass is 478 g/mol. The SMILES string of the molecule is C[C@H](NC(=O)CN(C)S(=O)(=O)c1cc(Cl)ccc1Cl)c1cccc(Br)c1. The minimum atomic E-state index is -3.95. The van der Waals surface area contributed by atoms with Crippen LogP contribution in [0.2, 0.25) is 10.0 Å². The average Bonchev–Trinajstić information content (AvgIpc) is 2.56. The van der Waals surface area contributed by atoms with Crippen LogP contribution < -0.4 is 5.32 Å². The fourth-order valence-corrected chi connectivity index (χ4v) is 4.55. The van der Waals surface area contributed by atoms with Gasteiger partial charge in [0.15, 0.2) is 0 Å². The van der Waals surface area contributed by atoms with Gasteiger partial charge in [-0.05, 0) is 42.8 Å². The Hall–Kier alpha value is -1.12. The van der Waals surface area contributed by atoms with Gasteiger partial charge in [-0.1, -0.05) is 51.3 Å². The van der Waals surface area contributed by atoms with Crippen molar-refractivity contribution in [2.75, 3.05) is 13.6 Å². The van der Waals surface area contributed by atoms with E-state index < -0.39 is 15.9 Å². The predicted octanol–water partition coefficient (Wildman–Crippen LogP) is 4.25. The molecule has 9 heteroatoms. The molecule has 0 heterocycles. The quantitative estimate of drug-likeness (QED) is 0.673. The van der Waals surface area contributed by atoms with E-state index in [4.69, 9.17) is 23.2 Å². The van der Waals surface area contributed by atoms with Crippen molar-refractivity contribution in [3.63, 3.8) is 0 Å². The molecule has 0 aromatic heterocycles. The van der Waals surface area contributed by atoms with Crippen molar-refractivity contribution in [2.45, 2.75) is 17.9 Å². The highest BCUT2D eigenvalue weighted by molar-refractivity contribution is 9.10. The normalized spacial score (nSPS) is 12.8. The lowest BCUT2D eigenvalue weighted by Gasteiger charge is -2.20. The molecule has 1 atom stereocenters. The molecule has 0 saturated heterocycles. The van der Waals surface area contributed by atoms with E-state index in [2.05, 4.69) is 21.2 Å². The van der Waals surface area contributed by atoms with Crippen molar-refractivity contribution in [3.05, 3.63) is 62.5 Å². The summed E-state index contributed by atoms with van der Waals surface area (Å²) in [5.74, 6) is -0.429. The van der Waals surface area contributed by atoms with E-state index in [1.807, 2.05) is 31.2 Å². The van der Waals surface area contributed by atoms with Gasteiger partial charge in [0.2, 0.25) is 15.9 Å². The molecule has 1 amide bonds. The van der Waals surface area contributed by atoms with E-state index in [9.17, 15) is 13.2 Å². The van der Waals surface area contributed by atoms with Gasteiger partial charge in [0, 0.05) is 16.5 Å². The van der Waals surface area contributed by atoms with Crippen molar-refractivity contribution in [1.82, 2.24) is 9.62 Å². The van der Waals surface area contributed by atoms with Gasteiger partial charge in [0.05, 0.1) is 17.6 Å². The zero-order valence-corrected chi connectivity index (χ0v) is 18.0. The lowest BCUT2D eigenvalue weighted by Crippen LogP contribution is -2.39. The summed E-state index contributed by atoms with van der Waals surface area (Å²) in [6, 6.07) is 11.4. The molecular weight excluding hydrogens is 463 g/mol. The Bertz CT molecular complexity index is 922. The van der Waals surface area contributed by atoms with Crippen molar-refractivity contribution in [2.24, 2.45) is 0 Å². The van der Waals surface area contributed by atoms with Crippen molar-refractivity contribution in [1.29, 1.82) is 0 Å². The Morgan fingerprint density at radius 1 is 1.23 bits per heavy atom. The number of carbonyl (C=O) groups is 1. The second-order valence-corrected chi connectivity index (χ2v) is 9.45. The zero-order valence-electron chi connectivity index (χ0n) is 14.0. The first kappa shape index (κ1) is 21.2. The number of amides is 1. The number of sulfonamides is 1. The highest BCUT2D eigenvalue weighted by atomic mass is 79.9. The maximum Gasteiger partial charge on any atom is 0.244 e. The highest BCUT2D eigenvalue weighted by Crippen LogP contribution is 2.27. The largest absolute Gasteiger partial charge is 0.348 e. The Morgan fingerprint density at radius 2 is 1.92 bits per heavy atom. The summed E-state index contributed by atoms with van der Waals surface area (Å²) in [6.45, 7) is 1.48. The molecule has 0 aliphatic heterocycles. The van der Waals surface area contributed by atoms with Gasteiger partial charge in [0.1, 0.15) is 4.90 Å². The average molecular weight is 480 g/mol. The molecule has 2 rings (SSSR count). The van der Waals surface area contributed by atoms with E-state index in [1.165, 1.54) is 25.2 Å². The number of nitrogens with zero attached hydrogens (tertiary/aromatic N) is 1. The lowest BCUT2D eigenvalue weighted by molar-refractivity contribution is -0.121. The molecule has 0 bridgehead atoms. The number of likely N-dealkylation sites (N-methyl/N-ethyl adjacent to an activating group) is 1. The Kier molecular flexibility index (Phi) is 7.10. The van der Waals surface area contributed by atoms with Crippen LogP contribution >= 0.6 is 39.1 Å². The molecule has 0 aliphatic rings. The van der Waals surface area contributed by atoms with Crippen LogP contribution in [0.25, 0.3) is 0 Å². The smallest absolute Gasteiger partial charge is 0.244 e. The van der Waals surface area contributed by atoms with Crippen LogP contribution in [0.3, 0.4) is 0 Å². The fraction of sp³-hybridized carbons (Fsp3) is 0.235. The first-order chi connectivity index (χ1) is 12.1. The Balaban J connectivity index is 2.09. The molecule has 2 aromatic rings. The van der Waals surface area contributed by atoms with E-state index in [0.29, 0.717) is 0 Å². The molecule has 0 spiro atoms. The van der Waals surface area contributed by atoms with Crippen molar-refractivity contribution < 1.29 is 13.2 Å². The molecule has 0 unspecified atom stereocenters. The van der Waals surface area contributed by atoms with Gasteiger partial charge < -0.3 is 5.32 Å². The number of nitrogens with one attached hydrogen (secondary N) is 1. The van der Waals surface area contributed by atoms with E-state index in [-0.39, 0.29) is 27.5 Å². The lowest BCUT2D eigenvalue weighted by atomic mass is 10.1. The summed E-state index contributed by atoms with van der Waals surface area (Å²) in [5, 5.41) is 3.07. The molecule has 26 heavy (non-hydrogen) atoms. The molecule has 0 radical (unpaired) electrons. The summed E-state index contributed by atoms with van der Waals surface area (Å²) in [6.07, 6.45) is 0. The second kappa shape index (κ2) is 8.71. The minimum absolute atomic E-state index is 0.0455. The summed E-state index contributed by atoms with van der Waals surface area (Å²) < 4.78 is 27.1. The number of rotatable bonds is 6. The number of benzene rings is 2. The van der Waals surface area contributed by atoms with E-state index in [1.54, 1.807) is 0 Å². The minimum Gasteiger partial charge on any atom is -0.348 e. The summed E-state index contributed by atoms with van der Waals surface area (Å²) in [7, 11) is -2.63. The maximum absolute atomic E-state index is 12.6. The van der Waals surface area contributed by atoms with Crippen molar-refractivity contribution >= 4 is 55.1 Å². The first-order valence-electron chi connectivity index (χ1n) is 7.57. The fourth-order valence-electron chi connectivity index (χ4n) is 2.28. The topological polar surface area (TPSA) is 66.5 Å². The van der Waals surface area contributed by atoms with Gasteiger partial charge in [-0.3, -0.25) is 4.79 Å². The molecule has 0 saturated carbocycles. The van der Waals surface area contributed by atoms with Crippen molar-refractivity contribution in [3.8, 4) is 0 Å². The molecule has 0 aliphatic carbocycles. The summed E-state index contributed by atoms with van der Waals surface area (Å²) in [4.78, 5) is 12.1. The van der Waals surface area contributed by atoms with Crippen LogP contribution in [0.15, 0.2) is 51.8 Å². The summed E-state index contributed by atoms with van der Waals surface area (Å²) in [5.41, 5.74) is 0.899. The number of hydrogen-bond donors (Lipinski definition) is 1. The molecule has 1 N–H and O–H groups in total. The highest BCUT2D eigenvalue weighted by Gasteiger charge is 2.26. The van der Waals surface area contributed by atoms with Gasteiger partial charge in [-0.2, -0.15) is 4.31 Å². The second-order valence-electron chi connectivity index (χ2n) is 5.68. The Morgan fingerprint density at radius 3 is 2.58 bits per heavy atom. The third-order valence-electron chi connectivity index (χ3n) is 3.67. The Labute approximate surface area is 171 Å². The van der Waals surface area contributed by atoms with Crippen LogP contribution in [0, 0.1) is 0 Å². The van der Waals surface area contributed by atoms with E-state index >= 15 is 0 Å². The molecule has 0 fully saturated rings. The predicted molar refractivity (Wildman–Crippen MR) is 107 cm³/mol. The number of carbonyl (C=O) groups excluding carboxylic acids is 1. The van der Waals surface area contributed by atoms with Gasteiger partial charge in [-0.25, -0.2) is 8.42 Å². The van der Waals surface area contributed by atoms with Crippen LogP contribution in [0.5, 0.6) is 0 Å².